The first kappa shape index (κ1) is 13.8. The fourth-order valence-electron chi connectivity index (χ4n) is 1.21. The number of alkyl carbamates (subject to hydrolysis) is 1. The lowest BCUT2D eigenvalue weighted by molar-refractivity contribution is 0.128. The zero-order valence-electron chi connectivity index (χ0n) is 9.65. The van der Waals surface area contributed by atoms with E-state index in [1.54, 1.807) is 24.3 Å². The summed E-state index contributed by atoms with van der Waals surface area (Å²) in [7, 11) is 0. The summed E-state index contributed by atoms with van der Waals surface area (Å²) in [4.78, 5) is 11.3. The SMILES string of the molecule is CCC(CO)NC(=O)OCc1ccc(Cl)cc1. The van der Waals surface area contributed by atoms with Crippen LogP contribution in [0.15, 0.2) is 24.3 Å². The lowest BCUT2D eigenvalue weighted by atomic mass is 10.2. The summed E-state index contributed by atoms with van der Waals surface area (Å²) in [6.07, 6.45) is 0.132. The van der Waals surface area contributed by atoms with Gasteiger partial charge in [0.1, 0.15) is 6.61 Å². The molecule has 0 heterocycles. The van der Waals surface area contributed by atoms with Crippen molar-refractivity contribution in [3.05, 3.63) is 34.9 Å². The molecule has 4 nitrogen and oxygen atoms in total. The highest BCUT2D eigenvalue weighted by atomic mass is 35.5. The number of amides is 1. The van der Waals surface area contributed by atoms with E-state index < -0.39 is 6.09 Å². The van der Waals surface area contributed by atoms with Crippen molar-refractivity contribution in [1.29, 1.82) is 0 Å². The number of carbonyl (C=O) groups excluding carboxylic acids is 1. The number of nitrogens with one attached hydrogen (secondary N) is 1. The van der Waals surface area contributed by atoms with E-state index in [1.807, 2.05) is 6.92 Å². The van der Waals surface area contributed by atoms with Crippen molar-refractivity contribution in [3.63, 3.8) is 0 Å². The van der Waals surface area contributed by atoms with Gasteiger partial charge in [-0.05, 0) is 24.1 Å². The Morgan fingerprint density at radius 3 is 2.65 bits per heavy atom. The van der Waals surface area contributed by atoms with E-state index in [1.165, 1.54) is 0 Å². The van der Waals surface area contributed by atoms with Gasteiger partial charge in [0, 0.05) is 5.02 Å². The van der Waals surface area contributed by atoms with Crippen LogP contribution in [0.25, 0.3) is 0 Å². The molecule has 1 amide bonds. The van der Waals surface area contributed by atoms with E-state index in [-0.39, 0.29) is 19.3 Å². The molecule has 0 fully saturated rings. The van der Waals surface area contributed by atoms with E-state index in [0.29, 0.717) is 11.4 Å². The van der Waals surface area contributed by atoms with E-state index >= 15 is 0 Å². The molecular weight excluding hydrogens is 242 g/mol. The highest BCUT2D eigenvalue weighted by molar-refractivity contribution is 6.30. The standard InChI is InChI=1S/C12H16ClNO3/c1-2-11(7-15)14-12(16)17-8-9-3-5-10(13)6-4-9/h3-6,11,15H,2,7-8H2,1H3,(H,14,16). The third-order valence-corrected chi connectivity index (χ3v) is 2.57. The van der Waals surface area contributed by atoms with Gasteiger partial charge in [-0.3, -0.25) is 0 Å². The Hall–Kier alpha value is -1.26. The highest BCUT2D eigenvalue weighted by Gasteiger charge is 2.09. The number of hydrogen-bond acceptors (Lipinski definition) is 3. The van der Waals surface area contributed by atoms with Gasteiger partial charge in [-0.25, -0.2) is 4.79 Å². The molecule has 5 heteroatoms. The van der Waals surface area contributed by atoms with Gasteiger partial charge in [-0.2, -0.15) is 0 Å². The lowest BCUT2D eigenvalue weighted by Gasteiger charge is -2.13. The molecule has 0 radical (unpaired) electrons. The molecule has 1 rings (SSSR count). The second kappa shape index (κ2) is 7.14. The molecule has 0 aromatic heterocycles. The normalized spacial score (nSPS) is 11.9. The first-order chi connectivity index (χ1) is 8.15. The summed E-state index contributed by atoms with van der Waals surface area (Å²) < 4.78 is 5.00. The predicted octanol–water partition coefficient (Wildman–Crippen LogP) is 2.34. The van der Waals surface area contributed by atoms with Gasteiger partial charge in [0.25, 0.3) is 0 Å². The molecule has 0 aliphatic heterocycles. The molecule has 0 spiro atoms. The highest BCUT2D eigenvalue weighted by Crippen LogP contribution is 2.10. The number of aliphatic hydroxyl groups excluding tert-OH is 1. The van der Waals surface area contributed by atoms with Crippen molar-refractivity contribution in [2.45, 2.75) is 26.0 Å². The lowest BCUT2D eigenvalue weighted by Crippen LogP contribution is -2.37. The van der Waals surface area contributed by atoms with Crippen LogP contribution in [0.3, 0.4) is 0 Å². The van der Waals surface area contributed by atoms with Gasteiger partial charge in [-0.1, -0.05) is 30.7 Å². The third-order valence-electron chi connectivity index (χ3n) is 2.32. The number of rotatable bonds is 5. The molecule has 1 unspecified atom stereocenters. The number of benzene rings is 1. The number of carbonyl (C=O) groups is 1. The van der Waals surface area contributed by atoms with Crippen LogP contribution >= 0.6 is 11.6 Å². The zero-order valence-corrected chi connectivity index (χ0v) is 10.4. The van der Waals surface area contributed by atoms with Crippen LogP contribution in [0.2, 0.25) is 5.02 Å². The third kappa shape index (κ3) is 5.06. The smallest absolute Gasteiger partial charge is 0.407 e. The van der Waals surface area contributed by atoms with Crippen molar-refractivity contribution in [3.8, 4) is 0 Å². The van der Waals surface area contributed by atoms with Crippen molar-refractivity contribution in [1.82, 2.24) is 5.32 Å². The minimum Gasteiger partial charge on any atom is -0.445 e. The summed E-state index contributed by atoms with van der Waals surface area (Å²) in [5, 5.41) is 12.1. The second-order valence-corrected chi connectivity index (χ2v) is 4.07. The average Bonchev–Trinajstić information content (AvgIpc) is 2.35. The number of aliphatic hydroxyl groups is 1. The van der Waals surface area contributed by atoms with Crippen LogP contribution in [-0.4, -0.2) is 23.8 Å². The molecule has 1 atom stereocenters. The van der Waals surface area contributed by atoms with E-state index in [4.69, 9.17) is 21.4 Å². The molecule has 0 saturated heterocycles. The van der Waals surface area contributed by atoms with E-state index in [2.05, 4.69) is 5.32 Å². The number of hydrogen-bond donors (Lipinski definition) is 2. The summed E-state index contributed by atoms with van der Waals surface area (Å²) in [6, 6.07) is 6.80. The van der Waals surface area contributed by atoms with Crippen molar-refractivity contribution >= 4 is 17.7 Å². The van der Waals surface area contributed by atoms with Gasteiger partial charge in [0.05, 0.1) is 12.6 Å². The van der Waals surface area contributed by atoms with E-state index in [9.17, 15) is 4.79 Å². The maximum atomic E-state index is 11.3. The Bertz CT molecular complexity index is 349. The van der Waals surface area contributed by atoms with Gasteiger partial charge in [0.15, 0.2) is 0 Å². The fourth-order valence-corrected chi connectivity index (χ4v) is 1.34. The number of ether oxygens (including phenoxy) is 1. The maximum Gasteiger partial charge on any atom is 0.407 e. The van der Waals surface area contributed by atoms with Crippen LogP contribution in [0.4, 0.5) is 4.79 Å². The second-order valence-electron chi connectivity index (χ2n) is 3.63. The maximum absolute atomic E-state index is 11.3. The first-order valence-electron chi connectivity index (χ1n) is 5.44. The molecule has 0 bridgehead atoms. The molecule has 1 aromatic carbocycles. The molecule has 0 aliphatic carbocycles. The Balaban J connectivity index is 2.35. The monoisotopic (exact) mass is 257 g/mol. The van der Waals surface area contributed by atoms with Gasteiger partial charge in [0.2, 0.25) is 0 Å². The summed E-state index contributed by atoms with van der Waals surface area (Å²) in [5.41, 5.74) is 0.863. The largest absolute Gasteiger partial charge is 0.445 e. The molecule has 94 valence electrons. The van der Waals surface area contributed by atoms with Crippen LogP contribution < -0.4 is 5.32 Å². The predicted molar refractivity (Wildman–Crippen MR) is 65.9 cm³/mol. The Labute approximate surface area is 106 Å². The van der Waals surface area contributed by atoms with Crippen molar-refractivity contribution in [2.75, 3.05) is 6.61 Å². The molecule has 0 aliphatic rings. The molecule has 2 N–H and O–H groups in total. The quantitative estimate of drug-likeness (QED) is 0.851. The van der Waals surface area contributed by atoms with Gasteiger partial charge >= 0.3 is 6.09 Å². The molecular formula is C12H16ClNO3. The summed E-state index contributed by atoms with van der Waals surface area (Å²) in [5.74, 6) is 0. The zero-order chi connectivity index (χ0) is 12.7. The van der Waals surface area contributed by atoms with Crippen molar-refractivity contribution in [2.24, 2.45) is 0 Å². The summed E-state index contributed by atoms with van der Waals surface area (Å²) in [6.45, 7) is 1.97. The van der Waals surface area contributed by atoms with Crippen LogP contribution in [0.1, 0.15) is 18.9 Å². The average molecular weight is 258 g/mol. The van der Waals surface area contributed by atoms with Crippen LogP contribution in [0.5, 0.6) is 0 Å². The fraction of sp³-hybridized carbons (Fsp3) is 0.417. The van der Waals surface area contributed by atoms with Gasteiger partial charge in [-0.15, -0.1) is 0 Å². The number of halogens is 1. The molecule has 1 aromatic rings. The Morgan fingerprint density at radius 2 is 2.12 bits per heavy atom. The minimum absolute atomic E-state index is 0.0907. The first-order valence-corrected chi connectivity index (χ1v) is 5.82. The molecule has 17 heavy (non-hydrogen) atoms. The van der Waals surface area contributed by atoms with Gasteiger partial charge < -0.3 is 15.2 Å². The summed E-state index contributed by atoms with van der Waals surface area (Å²) >= 11 is 5.73. The molecule has 0 saturated carbocycles. The van der Waals surface area contributed by atoms with E-state index in [0.717, 1.165) is 5.56 Å². The van der Waals surface area contributed by atoms with Crippen LogP contribution in [-0.2, 0) is 11.3 Å². The van der Waals surface area contributed by atoms with Crippen molar-refractivity contribution < 1.29 is 14.6 Å². The van der Waals surface area contributed by atoms with Crippen LogP contribution in [0, 0.1) is 0 Å². The minimum atomic E-state index is -0.527. The topological polar surface area (TPSA) is 58.6 Å². The Morgan fingerprint density at radius 1 is 1.47 bits per heavy atom. The Kier molecular flexibility index (Phi) is 5.80.